The quantitative estimate of drug-likeness (QED) is 0.876. The molecule has 0 aliphatic carbocycles. The van der Waals surface area contributed by atoms with Gasteiger partial charge in [0.1, 0.15) is 6.04 Å². The fourth-order valence-corrected chi connectivity index (χ4v) is 1.76. The summed E-state index contributed by atoms with van der Waals surface area (Å²) in [5.41, 5.74) is 1.29. The molecule has 0 saturated heterocycles. The van der Waals surface area contributed by atoms with E-state index in [1.165, 1.54) is 13.1 Å². The molecule has 0 aliphatic heterocycles. The first-order valence-corrected chi connectivity index (χ1v) is 6.12. The highest BCUT2D eigenvalue weighted by molar-refractivity contribution is 5.95. The van der Waals surface area contributed by atoms with Crippen molar-refractivity contribution in [2.24, 2.45) is 0 Å². The van der Waals surface area contributed by atoms with Crippen molar-refractivity contribution < 1.29 is 14.1 Å². The molecule has 20 heavy (non-hydrogen) atoms. The van der Waals surface area contributed by atoms with Crippen molar-refractivity contribution in [2.75, 3.05) is 7.05 Å². The molecule has 6 nitrogen and oxygen atoms in total. The molecule has 1 aromatic carbocycles. The zero-order valence-electron chi connectivity index (χ0n) is 11.2. The molecule has 104 valence electrons. The van der Waals surface area contributed by atoms with Crippen molar-refractivity contribution in [3.05, 3.63) is 53.4 Å². The van der Waals surface area contributed by atoms with E-state index < -0.39 is 11.9 Å². The number of carbonyl (C=O) groups is 2. The summed E-state index contributed by atoms with van der Waals surface area (Å²) >= 11 is 0. The minimum atomic E-state index is -0.779. The van der Waals surface area contributed by atoms with Gasteiger partial charge in [0.2, 0.25) is 11.7 Å². The van der Waals surface area contributed by atoms with E-state index in [0.29, 0.717) is 11.3 Å². The number of nitrogens with zero attached hydrogens (tertiary/aromatic N) is 1. The number of aryl methyl sites for hydroxylation is 1. The molecule has 1 atom stereocenters. The van der Waals surface area contributed by atoms with Crippen LogP contribution in [0, 0.1) is 6.92 Å². The topological polar surface area (TPSA) is 84.2 Å². The summed E-state index contributed by atoms with van der Waals surface area (Å²) in [5, 5.41) is 8.80. The second kappa shape index (κ2) is 6.01. The van der Waals surface area contributed by atoms with Crippen molar-refractivity contribution in [3.8, 4) is 0 Å². The molecule has 0 fully saturated rings. The molecule has 0 radical (unpaired) electrons. The van der Waals surface area contributed by atoms with Crippen LogP contribution in [-0.2, 0) is 4.79 Å². The Kier molecular flexibility index (Phi) is 4.14. The van der Waals surface area contributed by atoms with Crippen LogP contribution >= 0.6 is 0 Å². The van der Waals surface area contributed by atoms with Gasteiger partial charge in [0.05, 0.1) is 5.69 Å². The molecule has 2 rings (SSSR count). The molecule has 0 saturated carbocycles. The lowest BCUT2D eigenvalue weighted by molar-refractivity contribution is -0.122. The normalized spacial score (nSPS) is 11.7. The van der Waals surface area contributed by atoms with E-state index in [9.17, 15) is 9.59 Å². The first kappa shape index (κ1) is 13.8. The molecule has 0 spiro atoms. The van der Waals surface area contributed by atoms with Crippen LogP contribution in [0.15, 0.2) is 40.9 Å². The minimum absolute atomic E-state index is 0.0762. The summed E-state index contributed by atoms with van der Waals surface area (Å²) in [6, 6.07) is 9.72. The fraction of sp³-hybridized carbons (Fsp3) is 0.214. The Morgan fingerprint density at radius 1 is 1.25 bits per heavy atom. The number of nitrogens with one attached hydrogen (secondary N) is 2. The van der Waals surface area contributed by atoms with E-state index in [1.807, 2.05) is 6.07 Å². The molecular weight excluding hydrogens is 258 g/mol. The van der Waals surface area contributed by atoms with Crippen LogP contribution in [0.2, 0.25) is 0 Å². The van der Waals surface area contributed by atoms with Crippen molar-refractivity contribution in [1.82, 2.24) is 15.8 Å². The summed E-state index contributed by atoms with van der Waals surface area (Å²) in [7, 11) is 1.52. The van der Waals surface area contributed by atoms with Crippen LogP contribution in [-0.4, -0.2) is 24.0 Å². The lowest BCUT2D eigenvalue weighted by Gasteiger charge is -2.16. The van der Waals surface area contributed by atoms with E-state index >= 15 is 0 Å². The first-order valence-electron chi connectivity index (χ1n) is 6.12. The molecular formula is C14H15N3O3. The van der Waals surface area contributed by atoms with Gasteiger partial charge in [-0.25, -0.2) is 0 Å². The lowest BCUT2D eigenvalue weighted by atomic mass is 10.1. The molecule has 1 aromatic heterocycles. The maximum absolute atomic E-state index is 12.0. The van der Waals surface area contributed by atoms with Crippen molar-refractivity contribution >= 4 is 11.8 Å². The number of likely N-dealkylation sites (N-methyl/N-ethyl adjacent to an activating group) is 1. The number of rotatable bonds is 4. The Labute approximate surface area is 116 Å². The molecule has 2 amide bonds. The van der Waals surface area contributed by atoms with Crippen LogP contribution < -0.4 is 10.6 Å². The summed E-state index contributed by atoms with van der Waals surface area (Å²) in [6.45, 7) is 1.72. The average molecular weight is 273 g/mol. The van der Waals surface area contributed by atoms with Crippen LogP contribution in [0.3, 0.4) is 0 Å². The van der Waals surface area contributed by atoms with Crippen molar-refractivity contribution in [2.45, 2.75) is 13.0 Å². The monoisotopic (exact) mass is 273 g/mol. The highest BCUT2D eigenvalue weighted by atomic mass is 16.5. The smallest absolute Gasteiger partial charge is 0.290 e. The Morgan fingerprint density at radius 3 is 2.50 bits per heavy atom. The number of aromatic nitrogens is 1. The van der Waals surface area contributed by atoms with Gasteiger partial charge in [-0.05, 0) is 12.5 Å². The van der Waals surface area contributed by atoms with Gasteiger partial charge in [0.25, 0.3) is 5.91 Å². The van der Waals surface area contributed by atoms with E-state index in [2.05, 4.69) is 15.8 Å². The largest absolute Gasteiger partial charge is 0.357 e. The second-order valence-corrected chi connectivity index (χ2v) is 4.26. The third-order valence-corrected chi connectivity index (χ3v) is 2.77. The molecule has 6 heteroatoms. The molecule has 0 bridgehead atoms. The predicted molar refractivity (Wildman–Crippen MR) is 72.0 cm³/mol. The van der Waals surface area contributed by atoms with Crippen molar-refractivity contribution in [3.63, 3.8) is 0 Å². The molecule has 1 heterocycles. The highest BCUT2D eigenvalue weighted by Gasteiger charge is 2.23. The van der Waals surface area contributed by atoms with E-state index in [1.54, 1.807) is 31.2 Å². The summed E-state index contributed by atoms with van der Waals surface area (Å²) in [4.78, 5) is 23.9. The van der Waals surface area contributed by atoms with Gasteiger partial charge in [0, 0.05) is 13.1 Å². The standard InChI is InChI=1S/C14H15N3O3/c1-9-8-11(20-17-9)13(18)16-12(14(19)15-2)10-6-4-3-5-7-10/h3-8,12H,1-2H3,(H,15,19)(H,16,18). The molecule has 2 aromatic rings. The number of benzene rings is 1. The zero-order valence-corrected chi connectivity index (χ0v) is 11.2. The third kappa shape index (κ3) is 3.03. The van der Waals surface area contributed by atoms with Crippen LogP contribution in [0.25, 0.3) is 0 Å². The van der Waals surface area contributed by atoms with Gasteiger partial charge in [-0.1, -0.05) is 35.5 Å². The molecule has 2 N–H and O–H groups in total. The van der Waals surface area contributed by atoms with Crippen LogP contribution in [0.1, 0.15) is 27.9 Å². The van der Waals surface area contributed by atoms with Crippen molar-refractivity contribution in [1.29, 1.82) is 0 Å². The van der Waals surface area contributed by atoms with Gasteiger partial charge >= 0.3 is 0 Å². The Morgan fingerprint density at radius 2 is 1.95 bits per heavy atom. The SMILES string of the molecule is CNC(=O)C(NC(=O)c1cc(C)no1)c1ccccc1. The van der Waals surface area contributed by atoms with E-state index in [0.717, 1.165) is 0 Å². The Bertz CT molecular complexity index is 607. The maximum Gasteiger partial charge on any atom is 0.290 e. The minimum Gasteiger partial charge on any atom is -0.357 e. The van der Waals surface area contributed by atoms with Gasteiger partial charge < -0.3 is 15.2 Å². The third-order valence-electron chi connectivity index (χ3n) is 2.77. The zero-order chi connectivity index (χ0) is 14.5. The predicted octanol–water partition coefficient (Wildman–Crippen LogP) is 1.20. The fourth-order valence-electron chi connectivity index (χ4n) is 1.76. The number of amides is 2. The first-order chi connectivity index (χ1) is 9.61. The summed E-state index contributed by atoms with van der Waals surface area (Å²) in [5.74, 6) is -0.712. The van der Waals surface area contributed by atoms with Crippen LogP contribution in [0.4, 0.5) is 0 Å². The molecule has 0 aliphatic rings. The van der Waals surface area contributed by atoms with Gasteiger partial charge in [0.15, 0.2) is 0 Å². The van der Waals surface area contributed by atoms with Gasteiger partial charge in [-0.3, -0.25) is 9.59 Å². The highest BCUT2D eigenvalue weighted by Crippen LogP contribution is 2.14. The number of hydrogen-bond acceptors (Lipinski definition) is 4. The number of carbonyl (C=O) groups excluding carboxylic acids is 2. The van der Waals surface area contributed by atoms with E-state index in [4.69, 9.17) is 4.52 Å². The van der Waals surface area contributed by atoms with Gasteiger partial charge in [-0.2, -0.15) is 0 Å². The second-order valence-electron chi connectivity index (χ2n) is 4.26. The Hall–Kier alpha value is -2.63. The molecule has 1 unspecified atom stereocenters. The number of hydrogen-bond donors (Lipinski definition) is 2. The summed E-state index contributed by atoms with van der Waals surface area (Å²) < 4.78 is 4.88. The maximum atomic E-state index is 12.0. The summed E-state index contributed by atoms with van der Waals surface area (Å²) in [6.07, 6.45) is 0. The lowest BCUT2D eigenvalue weighted by Crippen LogP contribution is -2.38. The average Bonchev–Trinajstić information content (AvgIpc) is 2.91. The Balaban J connectivity index is 2.21. The van der Waals surface area contributed by atoms with Crippen LogP contribution in [0.5, 0.6) is 0 Å². The van der Waals surface area contributed by atoms with E-state index in [-0.39, 0.29) is 11.7 Å². The van der Waals surface area contributed by atoms with Gasteiger partial charge in [-0.15, -0.1) is 0 Å².